The summed E-state index contributed by atoms with van der Waals surface area (Å²) in [6.07, 6.45) is 0.845. The van der Waals surface area contributed by atoms with Crippen molar-refractivity contribution in [3.8, 4) is 17.1 Å². The highest BCUT2D eigenvalue weighted by molar-refractivity contribution is 9.11. The molecule has 0 bridgehead atoms. The predicted octanol–water partition coefficient (Wildman–Crippen LogP) is 4.13. The summed E-state index contributed by atoms with van der Waals surface area (Å²) in [5, 5.41) is 16.3. The molecule has 2 rings (SSSR count). The zero-order chi connectivity index (χ0) is 17.2. The van der Waals surface area contributed by atoms with Crippen LogP contribution in [-0.2, 0) is 0 Å². The van der Waals surface area contributed by atoms with Gasteiger partial charge in [0.2, 0.25) is 5.82 Å². The standard InChI is InChI=1S/C15H17Br2N3O3/c1-15(2,3)4-5-18-13(22)14-19-12(20-23-14)8-6-9(16)11(21)10(17)7-8/h6-7,21H,4-5H2,1-3H3,(H,18,22). The minimum atomic E-state index is -0.398. The van der Waals surface area contributed by atoms with Crippen molar-refractivity contribution in [3.63, 3.8) is 0 Å². The van der Waals surface area contributed by atoms with Crippen LogP contribution in [0, 0.1) is 5.41 Å². The Hall–Kier alpha value is -1.41. The molecule has 23 heavy (non-hydrogen) atoms. The van der Waals surface area contributed by atoms with E-state index >= 15 is 0 Å². The van der Waals surface area contributed by atoms with Crippen LogP contribution in [0.25, 0.3) is 11.4 Å². The molecule has 0 aliphatic rings. The number of phenols is 1. The number of rotatable bonds is 4. The fraction of sp³-hybridized carbons (Fsp3) is 0.400. The van der Waals surface area contributed by atoms with E-state index < -0.39 is 5.91 Å². The lowest BCUT2D eigenvalue weighted by atomic mass is 9.92. The SMILES string of the molecule is CC(C)(C)CCNC(=O)c1nc(-c2cc(Br)c(O)c(Br)c2)no1. The third-order valence-electron chi connectivity index (χ3n) is 3.06. The zero-order valence-corrected chi connectivity index (χ0v) is 16.2. The Morgan fingerprint density at radius 3 is 2.48 bits per heavy atom. The normalized spacial score (nSPS) is 11.5. The molecule has 0 radical (unpaired) electrons. The summed E-state index contributed by atoms with van der Waals surface area (Å²) in [7, 11) is 0. The lowest BCUT2D eigenvalue weighted by Crippen LogP contribution is -2.27. The van der Waals surface area contributed by atoms with Crippen molar-refractivity contribution in [1.29, 1.82) is 0 Å². The van der Waals surface area contributed by atoms with Crippen molar-refractivity contribution in [1.82, 2.24) is 15.5 Å². The number of halogens is 2. The van der Waals surface area contributed by atoms with Gasteiger partial charge in [-0.2, -0.15) is 4.98 Å². The molecule has 1 heterocycles. The second-order valence-electron chi connectivity index (χ2n) is 6.28. The molecule has 0 unspecified atom stereocenters. The third-order valence-corrected chi connectivity index (χ3v) is 4.26. The molecule has 1 aromatic heterocycles. The van der Waals surface area contributed by atoms with Crippen molar-refractivity contribution >= 4 is 37.8 Å². The van der Waals surface area contributed by atoms with E-state index in [2.05, 4.69) is 68.1 Å². The highest BCUT2D eigenvalue weighted by Crippen LogP contribution is 2.36. The van der Waals surface area contributed by atoms with E-state index in [1.54, 1.807) is 12.1 Å². The predicted molar refractivity (Wildman–Crippen MR) is 93.2 cm³/mol. The number of carbonyl (C=O) groups excluding carboxylic acids is 1. The third kappa shape index (κ3) is 4.78. The molecule has 1 amide bonds. The van der Waals surface area contributed by atoms with Gasteiger partial charge in [-0.1, -0.05) is 25.9 Å². The van der Waals surface area contributed by atoms with Gasteiger partial charge in [-0.25, -0.2) is 0 Å². The van der Waals surface area contributed by atoms with Gasteiger partial charge in [-0.3, -0.25) is 4.79 Å². The molecule has 0 aliphatic heterocycles. The van der Waals surface area contributed by atoms with Crippen LogP contribution in [0.3, 0.4) is 0 Å². The van der Waals surface area contributed by atoms with Crippen molar-refractivity contribution in [2.75, 3.05) is 6.54 Å². The molecule has 1 aromatic carbocycles. The van der Waals surface area contributed by atoms with Gasteiger partial charge in [0.25, 0.3) is 0 Å². The summed E-state index contributed by atoms with van der Waals surface area (Å²) in [5.74, 6) is -0.135. The molecule has 2 aromatic rings. The van der Waals surface area contributed by atoms with Crippen molar-refractivity contribution in [3.05, 3.63) is 27.0 Å². The topological polar surface area (TPSA) is 88.2 Å². The average Bonchev–Trinajstić information content (AvgIpc) is 2.92. The Morgan fingerprint density at radius 1 is 1.30 bits per heavy atom. The fourth-order valence-electron chi connectivity index (χ4n) is 1.75. The molecule has 124 valence electrons. The first kappa shape index (κ1) is 17.9. The van der Waals surface area contributed by atoms with E-state index in [0.717, 1.165) is 6.42 Å². The number of aromatic hydroxyl groups is 1. The highest BCUT2D eigenvalue weighted by Gasteiger charge is 2.18. The van der Waals surface area contributed by atoms with Crippen molar-refractivity contribution in [2.45, 2.75) is 27.2 Å². The average molecular weight is 447 g/mol. The largest absolute Gasteiger partial charge is 0.506 e. The number of benzene rings is 1. The van der Waals surface area contributed by atoms with E-state index in [-0.39, 0.29) is 22.9 Å². The van der Waals surface area contributed by atoms with E-state index in [1.165, 1.54) is 0 Å². The Labute approximate surface area is 150 Å². The van der Waals surface area contributed by atoms with Crippen LogP contribution >= 0.6 is 31.9 Å². The minimum absolute atomic E-state index is 0.0809. The maximum Gasteiger partial charge on any atom is 0.316 e. The number of hydrogen-bond donors (Lipinski definition) is 2. The number of aromatic nitrogens is 2. The number of hydrogen-bond acceptors (Lipinski definition) is 5. The summed E-state index contributed by atoms with van der Waals surface area (Å²) in [5.41, 5.74) is 0.747. The zero-order valence-electron chi connectivity index (χ0n) is 13.0. The first-order valence-electron chi connectivity index (χ1n) is 6.98. The van der Waals surface area contributed by atoms with Gasteiger partial charge in [-0.05, 0) is 55.8 Å². The molecule has 0 atom stereocenters. The number of nitrogens with zero attached hydrogens (tertiary/aromatic N) is 2. The van der Waals surface area contributed by atoms with Gasteiger partial charge in [0.1, 0.15) is 5.75 Å². The van der Waals surface area contributed by atoms with Gasteiger partial charge in [0, 0.05) is 12.1 Å². The molecule has 0 spiro atoms. The van der Waals surface area contributed by atoms with Gasteiger partial charge >= 0.3 is 11.8 Å². The molecule has 0 saturated carbocycles. The molecular weight excluding hydrogens is 430 g/mol. The van der Waals surface area contributed by atoms with Gasteiger partial charge < -0.3 is 14.9 Å². The fourth-order valence-corrected chi connectivity index (χ4v) is 2.94. The summed E-state index contributed by atoms with van der Waals surface area (Å²) >= 11 is 6.47. The Morgan fingerprint density at radius 2 is 1.91 bits per heavy atom. The monoisotopic (exact) mass is 445 g/mol. The molecule has 0 fully saturated rings. The Bertz CT molecular complexity index is 700. The minimum Gasteiger partial charge on any atom is -0.506 e. The van der Waals surface area contributed by atoms with Crippen LogP contribution in [0.2, 0.25) is 0 Å². The van der Waals surface area contributed by atoms with Crippen LogP contribution in [0.4, 0.5) is 0 Å². The van der Waals surface area contributed by atoms with Crippen LogP contribution < -0.4 is 5.32 Å². The summed E-state index contributed by atoms with van der Waals surface area (Å²) in [6.45, 7) is 6.84. The Balaban J connectivity index is 2.10. The second kappa shape index (κ2) is 7.00. The maximum absolute atomic E-state index is 12.0. The summed E-state index contributed by atoms with van der Waals surface area (Å²) in [6, 6.07) is 3.29. The maximum atomic E-state index is 12.0. The van der Waals surface area contributed by atoms with Gasteiger partial charge in [0.15, 0.2) is 0 Å². The van der Waals surface area contributed by atoms with Crippen LogP contribution in [-0.4, -0.2) is 27.7 Å². The van der Waals surface area contributed by atoms with Gasteiger partial charge in [-0.15, -0.1) is 0 Å². The van der Waals surface area contributed by atoms with Gasteiger partial charge in [0.05, 0.1) is 8.95 Å². The molecule has 0 saturated heterocycles. The van der Waals surface area contributed by atoms with Crippen LogP contribution in [0.5, 0.6) is 5.75 Å². The number of amides is 1. The Kier molecular flexibility index (Phi) is 5.46. The second-order valence-corrected chi connectivity index (χ2v) is 7.99. The molecular formula is C15H17Br2N3O3. The van der Waals surface area contributed by atoms with Crippen molar-refractivity contribution in [2.24, 2.45) is 5.41 Å². The molecule has 2 N–H and O–H groups in total. The number of phenolic OH excluding ortho intramolecular Hbond substituents is 1. The number of nitrogens with one attached hydrogen (secondary N) is 1. The lowest BCUT2D eigenvalue weighted by Gasteiger charge is -2.17. The van der Waals surface area contributed by atoms with E-state index in [1.807, 2.05) is 0 Å². The molecule has 6 nitrogen and oxygen atoms in total. The molecule has 0 aliphatic carbocycles. The van der Waals surface area contributed by atoms with E-state index in [9.17, 15) is 9.90 Å². The first-order chi connectivity index (χ1) is 10.7. The number of carbonyl (C=O) groups is 1. The van der Waals surface area contributed by atoms with E-state index in [4.69, 9.17) is 4.52 Å². The van der Waals surface area contributed by atoms with Crippen LogP contribution in [0.1, 0.15) is 37.9 Å². The van der Waals surface area contributed by atoms with E-state index in [0.29, 0.717) is 21.1 Å². The highest BCUT2D eigenvalue weighted by atomic mass is 79.9. The molecule has 8 heteroatoms. The summed E-state index contributed by atoms with van der Waals surface area (Å²) < 4.78 is 5.98. The first-order valence-corrected chi connectivity index (χ1v) is 8.56. The van der Waals surface area contributed by atoms with Crippen molar-refractivity contribution < 1.29 is 14.4 Å². The summed E-state index contributed by atoms with van der Waals surface area (Å²) in [4.78, 5) is 16.1. The smallest absolute Gasteiger partial charge is 0.316 e. The quantitative estimate of drug-likeness (QED) is 0.736. The lowest BCUT2D eigenvalue weighted by molar-refractivity contribution is 0.0905. The van der Waals surface area contributed by atoms with Crippen LogP contribution in [0.15, 0.2) is 25.6 Å².